The van der Waals surface area contributed by atoms with Crippen LogP contribution in [-0.2, 0) is 4.79 Å². The molecule has 2 atom stereocenters. The Morgan fingerprint density at radius 1 is 1.43 bits per heavy atom. The molecule has 3 N–H and O–H groups in total. The maximum Gasteiger partial charge on any atom is 0.224 e. The summed E-state index contributed by atoms with van der Waals surface area (Å²) < 4.78 is 0. The number of carbonyl (C=O) groups excluding carboxylic acids is 1. The van der Waals surface area contributed by atoms with Crippen molar-refractivity contribution in [1.82, 2.24) is 5.32 Å². The summed E-state index contributed by atoms with van der Waals surface area (Å²) in [6.45, 7) is 4.62. The highest BCUT2D eigenvalue weighted by molar-refractivity contribution is 6.30. The topological polar surface area (TPSA) is 55.1 Å². The zero-order chi connectivity index (χ0) is 14.8. The molecular weight excluding hydrogens is 307 g/mol. The van der Waals surface area contributed by atoms with Crippen molar-refractivity contribution in [2.45, 2.75) is 44.6 Å². The Morgan fingerprint density at radius 2 is 2.10 bits per heavy atom. The van der Waals surface area contributed by atoms with Crippen molar-refractivity contribution < 1.29 is 4.79 Å². The van der Waals surface area contributed by atoms with E-state index in [4.69, 9.17) is 17.3 Å². The summed E-state index contributed by atoms with van der Waals surface area (Å²) in [4.78, 5) is 12.4. The van der Waals surface area contributed by atoms with Crippen molar-refractivity contribution in [3.63, 3.8) is 0 Å². The fourth-order valence-electron chi connectivity index (χ4n) is 2.71. The van der Waals surface area contributed by atoms with Gasteiger partial charge in [-0.05, 0) is 42.9 Å². The van der Waals surface area contributed by atoms with Crippen LogP contribution >= 0.6 is 24.0 Å². The Bertz CT molecular complexity index is 481. The molecule has 5 heteroatoms. The normalized spacial score (nSPS) is 20.6. The van der Waals surface area contributed by atoms with E-state index < -0.39 is 0 Å². The van der Waals surface area contributed by atoms with Gasteiger partial charge in [0.15, 0.2) is 0 Å². The lowest BCUT2D eigenvalue weighted by molar-refractivity contribution is -0.124. The molecule has 2 unspecified atom stereocenters. The summed E-state index contributed by atoms with van der Waals surface area (Å²) in [5, 5.41) is 3.89. The Hall–Kier alpha value is -0.770. The van der Waals surface area contributed by atoms with E-state index in [2.05, 4.69) is 19.2 Å². The fourth-order valence-corrected chi connectivity index (χ4v) is 2.91. The number of rotatable bonds is 6. The van der Waals surface area contributed by atoms with E-state index in [0.29, 0.717) is 12.5 Å². The molecule has 0 radical (unpaired) electrons. The van der Waals surface area contributed by atoms with Crippen LogP contribution in [0.3, 0.4) is 0 Å². The second kappa shape index (κ2) is 7.48. The smallest absolute Gasteiger partial charge is 0.224 e. The third-order valence-corrected chi connectivity index (χ3v) is 4.77. The zero-order valence-electron chi connectivity index (χ0n) is 12.6. The molecule has 2 rings (SSSR count). The van der Waals surface area contributed by atoms with E-state index >= 15 is 0 Å². The molecule has 0 saturated heterocycles. The van der Waals surface area contributed by atoms with E-state index in [-0.39, 0.29) is 29.8 Å². The molecule has 1 saturated carbocycles. The van der Waals surface area contributed by atoms with Gasteiger partial charge in [0, 0.05) is 17.5 Å². The van der Waals surface area contributed by atoms with Gasteiger partial charge in [-0.1, -0.05) is 37.6 Å². The molecule has 0 heterocycles. The average molecular weight is 331 g/mol. The molecule has 118 valence electrons. The molecule has 21 heavy (non-hydrogen) atoms. The highest BCUT2D eigenvalue weighted by atomic mass is 35.5. The van der Waals surface area contributed by atoms with Crippen LogP contribution in [0.15, 0.2) is 24.3 Å². The van der Waals surface area contributed by atoms with Crippen molar-refractivity contribution >= 4 is 29.9 Å². The van der Waals surface area contributed by atoms with Crippen molar-refractivity contribution in [1.29, 1.82) is 0 Å². The number of carbonyl (C=O) groups is 1. The third-order valence-electron chi connectivity index (χ3n) is 4.54. The van der Waals surface area contributed by atoms with Crippen LogP contribution in [0.4, 0.5) is 0 Å². The number of benzene rings is 1. The predicted octanol–water partition coefficient (Wildman–Crippen LogP) is 3.50. The van der Waals surface area contributed by atoms with Gasteiger partial charge in [-0.25, -0.2) is 0 Å². The molecule has 0 spiro atoms. The molecule has 1 aromatic carbocycles. The van der Waals surface area contributed by atoms with Crippen molar-refractivity contribution in [3.05, 3.63) is 34.9 Å². The minimum absolute atomic E-state index is 0. The van der Waals surface area contributed by atoms with Gasteiger partial charge in [-0.2, -0.15) is 0 Å². The lowest BCUT2D eigenvalue weighted by atomic mass is 9.92. The van der Waals surface area contributed by atoms with Crippen molar-refractivity contribution in [2.24, 2.45) is 11.7 Å². The maximum atomic E-state index is 12.4. The van der Waals surface area contributed by atoms with E-state index in [0.717, 1.165) is 29.8 Å². The molecular formula is C16H24Cl2N2O. The van der Waals surface area contributed by atoms with Gasteiger partial charge in [0.05, 0.1) is 5.54 Å². The van der Waals surface area contributed by atoms with E-state index in [1.165, 1.54) is 0 Å². The first-order chi connectivity index (χ1) is 9.55. The molecule has 1 aliphatic rings. The van der Waals surface area contributed by atoms with E-state index in [1.54, 1.807) is 0 Å². The first-order valence-corrected chi connectivity index (χ1v) is 7.70. The molecule has 0 bridgehead atoms. The average Bonchev–Trinajstić information content (AvgIpc) is 3.25. The molecule has 1 amide bonds. The van der Waals surface area contributed by atoms with Crippen LogP contribution in [0.1, 0.15) is 44.6 Å². The summed E-state index contributed by atoms with van der Waals surface area (Å²) in [6, 6.07) is 7.79. The van der Waals surface area contributed by atoms with E-state index in [1.807, 2.05) is 24.3 Å². The Kier molecular flexibility index (Phi) is 6.51. The lowest BCUT2D eigenvalue weighted by Gasteiger charge is -2.31. The monoisotopic (exact) mass is 330 g/mol. The molecule has 1 aromatic rings. The van der Waals surface area contributed by atoms with Crippen LogP contribution in [-0.4, -0.2) is 18.0 Å². The summed E-state index contributed by atoms with van der Waals surface area (Å²) >= 11 is 6.00. The number of hydrogen-bond donors (Lipinski definition) is 2. The molecule has 1 aliphatic carbocycles. The minimum Gasteiger partial charge on any atom is -0.349 e. The molecule has 0 aliphatic heterocycles. The number of nitrogens with one attached hydrogen (secondary N) is 1. The number of amides is 1. The van der Waals surface area contributed by atoms with Gasteiger partial charge >= 0.3 is 0 Å². The second-order valence-electron chi connectivity index (χ2n) is 5.68. The number of hydrogen-bond acceptors (Lipinski definition) is 2. The van der Waals surface area contributed by atoms with Gasteiger partial charge in [-0.15, -0.1) is 12.4 Å². The predicted molar refractivity (Wildman–Crippen MR) is 90.1 cm³/mol. The van der Waals surface area contributed by atoms with Crippen molar-refractivity contribution in [2.75, 3.05) is 6.54 Å². The fraction of sp³-hybridized carbons (Fsp3) is 0.562. The number of nitrogens with two attached hydrogens (primary N) is 1. The number of halogens is 2. The largest absolute Gasteiger partial charge is 0.349 e. The van der Waals surface area contributed by atoms with Gasteiger partial charge in [0.2, 0.25) is 5.91 Å². The Balaban J connectivity index is 0.00000220. The summed E-state index contributed by atoms with van der Waals surface area (Å²) in [5.74, 6) is 0.500. The zero-order valence-corrected chi connectivity index (χ0v) is 14.1. The van der Waals surface area contributed by atoms with Crippen LogP contribution in [0.5, 0.6) is 0 Å². The first kappa shape index (κ1) is 18.3. The Morgan fingerprint density at radius 3 is 2.62 bits per heavy atom. The van der Waals surface area contributed by atoms with Crippen LogP contribution in [0, 0.1) is 5.92 Å². The quantitative estimate of drug-likeness (QED) is 0.838. The van der Waals surface area contributed by atoms with Crippen LogP contribution in [0.25, 0.3) is 0 Å². The van der Waals surface area contributed by atoms with E-state index in [9.17, 15) is 4.79 Å². The summed E-state index contributed by atoms with van der Waals surface area (Å²) in [5.41, 5.74) is 6.74. The first-order valence-electron chi connectivity index (χ1n) is 7.32. The summed E-state index contributed by atoms with van der Waals surface area (Å²) in [6.07, 6.45) is 2.63. The standard InChI is InChI=1S/C16H23ClN2O.ClH/c1-3-16(4-2,10-18)19-15(20)14-9-13(14)11-6-5-7-12(17)8-11;/h5-8,13-14H,3-4,9-10,18H2,1-2H3,(H,19,20);1H. The molecule has 3 nitrogen and oxygen atoms in total. The minimum atomic E-state index is -0.251. The Labute approximate surface area is 138 Å². The highest BCUT2D eigenvalue weighted by Gasteiger charge is 2.45. The van der Waals surface area contributed by atoms with Gasteiger partial charge < -0.3 is 11.1 Å². The molecule has 1 fully saturated rings. The highest BCUT2D eigenvalue weighted by Crippen LogP contribution is 2.48. The van der Waals surface area contributed by atoms with Gasteiger partial charge in [0.1, 0.15) is 0 Å². The van der Waals surface area contributed by atoms with Gasteiger partial charge in [-0.3, -0.25) is 4.79 Å². The van der Waals surface area contributed by atoms with Crippen LogP contribution < -0.4 is 11.1 Å². The lowest BCUT2D eigenvalue weighted by Crippen LogP contribution is -2.53. The maximum absolute atomic E-state index is 12.4. The summed E-state index contributed by atoms with van der Waals surface area (Å²) in [7, 11) is 0. The third kappa shape index (κ3) is 4.12. The SMILES string of the molecule is CCC(CC)(CN)NC(=O)C1CC1c1cccc(Cl)c1.Cl. The van der Waals surface area contributed by atoms with Crippen LogP contribution in [0.2, 0.25) is 5.02 Å². The van der Waals surface area contributed by atoms with Gasteiger partial charge in [0.25, 0.3) is 0 Å². The molecule has 0 aromatic heterocycles. The van der Waals surface area contributed by atoms with Crippen molar-refractivity contribution in [3.8, 4) is 0 Å². The second-order valence-corrected chi connectivity index (χ2v) is 6.12.